The number of nitriles is 1. The molecule has 0 radical (unpaired) electrons. The summed E-state index contributed by atoms with van der Waals surface area (Å²) >= 11 is 1.53. The number of carbonyl (C=O) groups is 1. The van der Waals surface area contributed by atoms with Crippen molar-refractivity contribution >= 4 is 17.3 Å². The third-order valence-electron chi connectivity index (χ3n) is 4.02. The third kappa shape index (κ3) is 3.37. The molecule has 0 saturated heterocycles. The van der Waals surface area contributed by atoms with Crippen LogP contribution in [-0.2, 0) is 0 Å². The van der Waals surface area contributed by atoms with Gasteiger partial charge in [0, 0.05) is 11.1 Å². The van der Waals surface area contributed by atoms with Gasteiger partial charge in [0.2, 0.25) is 5.88 Å². The van der Waals surface area contributed by atoms with Crippen molar-refractivity contribution in [2.45, 2.75) is 0 Å². The molecule has 0 aliphatic rings. The van der Waals surface area contributed by atoms with E-state index in [2.05, 4.69) is 11.1 Å². The van der Waals surface area contributed by atoms with Gasteiger partial charge < -0.3 is 14.3 Å². The molecule has 0 spiro atoms. The van der Waals surface area contributed by atoms with Crippen LogP contribution in [0, 0.1) is 11.3 Å². The molecule has 1 N–H and O–H groups in total. The number of hydrogen-bond donors (Lipinski definition) is 1. The molecule has 0 aliphatic carbocycles. The second-order valence-electron chi connectivity index (χ2n) is 5.77. The number of nitrogens with zero attached hydrogens (tertiary/aromatic N) is 2. The van der Waals surface area contributed by atoms with E-state index < -0.39 is 5.97 Å². The molecular formula is C21H12N2O4S. The summed E-state index contributed by atoms with van der Waals surface area (Å²) in [5.41, 5.74) is 2.47. The Morgan fingerprint density at radius 2 is 2.04 bits per heavy atom. The van der Waals surface area contributed by atoms with Crippen LogP contribution in [0.1, 0.15) is 15.9 Å². The van der Waals surface area contributed by atoms with Crippen molar-refractivity contribution in [2.75, 3.05) is 0 Å². The fourth-order valence-electron chi connectivity index (χ4n) is 2.68. The van der Waals surface area contributed by atoms with Crippen LogP contribution in [0.15, 0.2) is 70.9 Å². The van der Waals surface area contributed by atoms with E-state index >= 15 is 0 Å². The van der Waals surface area contributed by atoms with Crippen LogP contribution in [0.4, 0.5) is 0 Å². The Morgan fingerprint density at radius 3 is 2.64 bits per heavy atom. The smallest absolute Gasteiger partial charge is 0.335 e. The topological polar surface area (TPSA) is 96.4 Å². The highest BCUT2D eigenvalue weighted by Crippen LogP contribution is 2.36. The summed E-state index contributed by atoms with van der Waals surface area (Å²) in [6, 6.07) is 15.5. The molecule has 28 heavy (non-hydrogen) atoms. The number of hydrogen-bond acceptors (Lipinski definition) is 6. The zero-order valence-corrected chi connectivity index (χ0v) is 15.1. The van der Waals surface area contributed by atoms with E-state index in [-0.39, 0.29) is 17.0 Å². The van der Waals surface area contributed by atoms with Crippen LogP contribution in [0.5, 0.6) is 11.6 Å². The number of carboxylic acid groups (broad SMARTS) is 1. The molecule has 0 unspecified atom stereocenters. The SMILES string of the molecule is N#Cc1c(-c2ccoc2)cc(-c2cccs2)nc1Oc1ccc(C(=O)O)cc1. The highest BCUT2D eigenvalue weighted by molar-refractivity contribution is 7.13. The van der Waals surface area contributed by atoms with Gasteiger partial charge in [0.15, 0.2) is 0 Å². The van der Waals surface area contributed by atoms with Crippen molar-refractivity contribution in [3.8, 4) is 39.4 Å². The van der Waals surface area contributed by atoms with Gasteiger partial charge in [-0.25, -0.2) is 9.78 Å². The molecule has 3 aromatic heterocycles. The number of rotatable bonds is 5. The third-order valence-corrected chi connectivity index (χ3v) is 4.91. The lowest BCUT2D eigenvalue weighted by atomic mass is 10.0. The minimum absolute atomic E-state index is 0.146. The monoisotopic (exact) mass is 388 g/mol. The van der Waals surface area contributed by atoms with E-state index in [4.69, 9.17) is 14.3 Å². The van der Waals surface area contributed by atoms with Gasteiger partial charge in [0.05, 0.1) is 28.7 Å². The highest BCUT2D eigenvalue weighted by Gasteiger charge is 2.18. The van der Waals surface area contributed by atoms with E-state index in [9.17, 15) is 10.1 Å². The number of aromatic nitrogens is 1. The summed E-state index contributed by atoms with van der Waals surface area (Å²) in [4.78, 5) is 16.5. The highest BCUT2D eigenvalue weighted by atomic mass is 32.1. The van der Waals surface area contributed by atoms with E-state index in [0.29, 0.717) is 17.0 Å². The van der Waals surface area contributed by atoms with Crippen molar-refractivity contribution in [1.82, 2.24) is 4.98 Å². The lowest BCUT2D eigenvalue weighted by molar-refractivity contribution is 0.0697. The zero-order chi connectivity index (χ0) is 19.5. The number of aromatic carboxylic acids is 1. The molecule has 0 saturated carbocycles. The van der Waals surface area contributed by atoms with E-state index in [1.807, 2.05) is 23.6 Å². The maximum absolute atomic E-state index is 11.0. The summed E-state index contributed by atoms with van der Waals surface area (Å²) in [6.45, 7) is 0. The van der Waals surface area contributed by atoms with Crippen molar-refractivity contribution in [3.05, 3.63) is 77.6 Å². The summed E-state index contributed by atoms with van der Waals surface area (Å²) in [5.74, 6) is -0.493. The first-order valence-corrected chi connectivity index (χ1v) is 9.06. The first-order chi connectivity index (χ1) is 13.7. The molecule has 3 heterocycles. The average molecular weight is 388 g/mol. The number of pyridine rings is 1. The number of ether oxygens (including phenoxy) is 1. The molecule has 0 amide bonds. The summed E-state index contributed by atoms with van der Waals surface area (Å²) in [7, 11) is 0. The lowest BCUT2D eigenvalue weighted by Crippen LogP contribution is -1.98. The zero-order valence-electron chi connectivity index (χ0n) is 14.3. The standard InChI is InChI=1S/C21H12N2O4S/c22-11-17-16(14-7-8-26-12-14)10-18(19-2-1-9-28-19)23-20(17)27-15-5-3-13(4-6-15)21(24)25/h1-10,12H,(H,24,25). The molecule has 0 fully saturated rings. The normalized spacial score (nSPS) is 10.4. The Bertz CT molecular complexity index is 1160. The van der Waals surface area contributed by atoms with E-state index in [1.54, 1.807) is 12.3 Å². The van der Waals surface area contributed by atoms with E-state index in [0.717, 1.165) is 10.4 Å². The van der Waals surface area contributed by atoms with Crippen molar-refractivity contribution in [3.63, 3.8) is 0 Å². The predicted molar refractivity (Wildman–Crippen MR) is 103 cm³/mol. The van der Waals surface area contributed by atoms with Crippen molar-refractivity contribution in [2.24, 2.45) is 0 Å². The molecule has 6 nitrogen and oxygen atoms in total. The van der Waals surface area contributed by atoms with Crippen LogP contribution in [0.2, 0.25) is 0 Å². The summed E-state index contributed by atoms with van der Waals surface area (Å²) in [6.07, 6.45) is 3.09. The molecule has 1 aromatic carbocycles. The molecule has 136 valence electrons. The molecule has 4 aromatic rings. The maximum Gasteiger partial charge on any atom is 0.335 e. The van der Waals surface area contributed by atoms with Gasteiger partial charge in [-0.1, -0.05) is 6.07 Å². The second kappa shape index (κ2) is 7.39. The predicted octanol–water partition coefficient (Wildman–Crippen LogP) is 5.43. The fourth-order valence-corrected chi connectivity index (χ4v) is 3.36. The van der Waals surface area contributed by atoms with Crippen LogP contribution in [-0.4, -0.2) is 16.1 Å². The first kappa shape index (κ1) is 17.5. The lowest BCUT2D eigenvalue weighted by Gasteiger charge is -2.12. The molecule has 0 bridgehead atoms. The van der Waals surface area contributed by atoms with Gasteiger partial charge in [-0.15, -0.1) is 11.3 Å². The molecule has 7 heteroatoms. The van der Waals surface area contributed by atoms with Gasteiger partial charge in [-0.2, -0.15) is 5.26 Å². The maximum atomic E-state index is 11.0. The van der Waals surface area contributed by atoms with Gasteiger partial charge in [-0.3, -0.25) is 0 Å². The second-order valence-corrected chi connectivity index (χ2v) is 6.72. The van der Waals surface area contributed by atoms with Crippen molar-refractivity contribution < 1.29 is 19.1 Å². The molecule has 0 atom stereocenters. The van der Waals surface area contributed by atoms with Gasteiger partial charge >= 0.3 is 5.97 Å². The number of thiophene rings is 1. The largest absolute Gasteiger partial charge is 0.478 e. The Morgan fingerprint density at radius 1 is 1.21 bits per heavy atom. The van der Waals surface area contributed by atoms with Crippen LogP contribution in [0.25, 0.3) is 21.7 Å². The minimum Gasteiger partial charge on any atom is -0.478 e. The molecule has 0 aliphatic heterocycles. The van der Waals surface area contributed by atoms with Gasteiger partial charge in [-0.05, 0) is 47.8 Å². The quantitative estimate of drug-likeness (QED) is 0.489. The number of benzene rings is 1. The first-order valence-electron chi connectivity index (χ1n) is 8.18. The van der Waals surface area contributed by atoms with E-state index in [1.165, 1.54) is 41.9 Å². The Kier molecular flexibility index (Phi) is 4.62. The van der Waals surface area contributed by atoms with Crippen LogP contribution < -0.4 is 4.74 Å². The number of carboxylic acids is 1. The summed E-state index contributed by atoms with van der Waals surface area (Å²) < 4.78 is 11.0. The van der Waals surface area contributed by atoms with Crippen LogP contribution in [0.3, 0.4) is 0 Å². The average Bonchev–Trinajstić information content (AvgIpc) is 3.42. The van der Waals surface area contributed by atoms with Crippen LogP contribution >= 0.6 is 11.3 Å². The number of furan rings is 1. The minimum atomic E-state index is -1.02. The molecular weight excluding hydrogens is 376 g/mol. The van der Waals surface area contributed by atoms with Gasteiger partial charge in [0.1, 0.15) is 17.4 Å². The fraction of sp³-hybridized carbons (Fsp3) is 0. The van der Waals surface area contributed by atoms with Crippen molar-refractivity contribution in [1.29, 1.82) is 5.26 Å². The summed E-state index contributed by atoms with van der Waals surface area (Å²) in [5, 5.41) is 20.7. The Balaban J connectivity index is 1.83. The Hall–Kier alpha value is -3.89. The Labute approximate surface area is 163 Å². The molecule has 4 rings (SSSR count). The van der Waals surface area contributed by atoms with Gasteiger partial charge in [0.25, 0.3) is 0 Å².